The van der Waals surface area contributed by atoms with Crippen molar-refractivity contribution in [2.75, 3.05) is 44.7 Å². The molecule has 1 saturated heterocycles. The molecule has 0 unspecified atom stereocenters. The molecule has 2 N–H and O–H groups in total. The second-order valence-electron chi connectivity index (χ2n) is 6.27. The van der Waals surface area contributed by atoms with Gasteiger partial charge in [-0.15, -0.1) is 0 Å². The van der Waals surface area contributed by atoms with Gasteiger partial charge in [-0.25, -0.2) is 0 Å². The maximum atomic E-state index is 12.3. The van der Waals surface area contributed by atoms with Crippen LogP contribution in [0.2, 0.25) is 0 Å². The largest absolute Gasteiger partial charge is 0.384 e. The molecule has 6 nitrogen and oxygen atoms in total. The van der Waals surface area contributed by atoms with E-state index in [1.807, 2.05) is 12.1 Å². The zero-order valence-corrected chi connectivity index (χ0v) is 13.6. The van der Waals surface area contributed by atoms with Crippen LogP contribution in [0.1, 0.15) is 36.2 Å². The highest BCUT2D eigenvalue weighted by atomic mass is 16.5. The number of hydrogen-bond donors (Lipinski definition) is 2. The summed E-state index contributed by atoms with van der Waals surface area (Å²) in [5, 5.41) is 6.46. The van der Waals surface area contributed by atoms with Gasteiger partial charge in [0.05, 0.1) is 13.2 Å². The first-order valence-corrected chi connectivity index (χ1v) is 8.62. The predicted molar refractivity (Wildman–Crippen MR) is 89.7 cm³/mol. The van der Waals surface area contributed by atoms with Crippen LogP contribution in [0.25, 0.3) is 0 Å². The Morgan fingerprint density at radius 2 is 2.09 bits per heavy atom. The van der Waals surface area contributed by atoms with Crippen molar-refractivity contribution in [2.45, 2.75) is 31.7 Å². The van der Waals surface area contributed by atoms with Crippen molar-refractivity contribution >= 4 is 11.6 Å². The summed E-state index contributed by atoms with van der Waals surface area (Å²) in [6.45, 7) is 5.46. The van der Waals surface area contributed by atoms with Gasteiger partial charge < -0.3 is 15.4 Å². The summed E-state index contributed by atoms with van der Waals surface area (Å²) in [4.78, 5) is 18.8. The van der Waals surface area contributed by atoms with Crippen molar-refractivity contribution in [1.29, 1.82) is 0 Å². The van der Waals surface area contributed by atoms with Gasteiger partial charge >= 0.3 is 0 Å². The fourth-order valence-electron chi connectivity index (χ4n) is 3.18. The minimum absolute atomic E-state index is 0.0614. The molecule has 1 aromatic heterocycles. The zero-order chi connectivity index (χ0) is 15.9. The molecular weight excluding hydrogens is 292 g/mol. The van der Waals surface area contributed by atoms with E-state index in [2.05, 4.69) is 20.5 Å². The molecule has 2 heterocycles. The maximum Gasteiger partial charge on any atom is 0.270 e. The van der Waals surface area contributed by atoms with Gasteiger partial charge in [0.25, 0.3) is 5.91 Å². The van der Waals surface area contributed by atoms with E-state index in [9.17, 15) is 4.79 Å². The van der Waals surface area contributed by atoms with Crippen LogP contribution >= 0.6 is 0 Å². The number of rotatable bonds is 6. The lowest BCUT2D eigenvalue weighted by Crippen LogP contribution is -2.39. The average molecular weight is 318 g/mol. The predicted octanol–water partition coefficient (Wildman–Crippen LogP) is 1.50. The van der Waals surface area contributed by atoms with Crippen LogP contribution in [-0.4, -0.2) is 61.2 Å². The van der Waals surface area contributed by atoms with Gasteiger partial charge in [-0.2, -0.15) is 0 Å². The lowest BCUT2D eigenvalue weighted by Gasteiger charge is -2.26. The molecule has 3 rings (SSSR count). The van der Waals surface area contributed by atoms with E-state index in [0.29, 0.717) is 11.7 Å². The molecule has 0 aromatic carbocycles. The molecule has 1 aliphatic carbocycles. The number of carbonyl (C=O) groups is 1. The van der Waals surface area contributed by atoms with Gasteiger partial charge in [0.1, 0.15) is 5.69 Å². The standard InChI is InChI=1S/C17H26N4O2/c22-17(20-14-3-1-2-4-14)16-13-15(5-6-19-16)18-7-8-21-9-11-23-12-10-21/h5-6,13-14H,1-4,7-12H2,(H,18,19)(H,20,22). The summed E-state index contributed by atoms with van der Waals surface area (Å²) in [6.07, 6.45) is 6.29. The van der Waals surface area contributed by atoms with Crippen molar-refractivity contribution in [2.24, 2.45) is 0 Å². The number of nitrogens with one attached hydrogen (secondary N) is 2. The summed E-state index contributed by atoms with van der Waals surface area (Å²) < 4.78 is 5.35. The van der Waals surface area contributed by atoms with E-state index in [0.717, 1.165) is 57.9 Å². The highest BCUT2D eigenvalue weighted by molar-refractivity contribution is 5.93. The van der Waals surface area contributed by atoms with Gasteiger partial charge in [0.15, 0.2) is 0 Å². The molecule has 126 valence electrons. The highest BCUT2D eigenvalue weighted by Gasteiger charge is 2.18. The van der Waals surface area contributed by atoms with Crippen molar-refractivity contribution in [3.63, 3.8) is 0 Å². The third-order valence-electron chi connectivity index (χ3n) is 4.54. The summed E-state index contributed by atoms with van der Waals surface area (Å²) in [5.74, 6) is -0.0614. The third-order valence-corrected chi connectivity index (χ3v) is 4.54. The Hall–Kier alpha value is -1.66. The maximum absolute atomic E-state index is 12.3. The molecule has 0 spiro atoms. The normalized spacial score (nSPS) is 19.7. The molecule has 2 aliphatic rings. The van der Waals surface area contributed by atoms with Crippen molar-refractivity contribution in [3.05, 3.63) is 24.0 Å². The Morgan fingerprint density at radius 3 is 2.87 bits per heavy atom. The van der Waals surface area contributed by atoms with E-state index in [4.69, 9.17) is 4.74 Å². The van der Waals surface area contributed by atoms with Crippen LogP contribution in [0.15, 0.2) is 18.3 Å². The Balaban J connectivity index is 1.47. The van der Waals surface area contributed by atoms with E-state index in [1.165, 1.54) is 12.8 Å². The van der Waals surface area contributed by atoms with E-state index < -0.39 is 0 Å². The number of pyridine rings is 1. The Labute approximate surface area is 137 Å². The number of nitrogens with zero attached hydrogens (tertiary/aromatic N) is 2. The van der Waals surface area contributed by atoms with Crippen LogP contribution < -0.4 is 10.6 Å². The third kappa shape index (κ3) is 4.91. The second kappa shape index (κ2) is 8.26. The molecule has 0 atom stereocenters. The summed E-state index contributed by atoms with van der Waals surface area (Å²) in [6, 6.07) is 4.07. The van der Waals surface area contributed by atoms with Gasteiger partial charge in [-0.1, -0.05) is 12.8 Å². The summed E-state index contributed by atoms with van der Waals surface area (Å²) in [7, 11) is 0. The van der Waals surface area contributed by atoms with Crippen LogP contribution in [-0.2, 0) is 4.74 Å². The number of aromatic nitrogens is 1. The molecule has 1 amide bonds. The first kappa shape index (κ1) is 16.2. The van der Waals surface area contributed by atoms with Crippen LogP contribution in [0.3, 0.4) is 0 Å². The van der Waals surface area contributed by atoms with Crippen LogP contribution in [0.5, 0.6) is 0 Å². The molecule has 1 aliphatic heterocycles. The molecule has 1 aromatic rings. The summed E-state index contributed by atoms with van der Waals surface area (Å²) >= 11 is 0. The number of amides is 1. The highest BCUT2D eigenvalue weighted by Crippen LogP contribution is 2.18. The number of anilines is 1. The van der Waals surface area contributed by atoms with E-state index in [1.54, 1.807) is 6.20 Å². The second-order valence-corrected chi connectivity index (χ2v) is 6.27. The Bertz CT molecular complexity index is 511. The summed E-state index contributed by atoms with van der Waals surface area (Å²) in [5.41, 5.74) is 1.44. The van der Waals surface area contributed by atoms with E-state index in [-0.39, 0.29) is 5.91 Å². The zero-order valence-electron chi connectivity index (χ0n) is 13.6. The van der Waals surface area contributed by atoms with Crippen molar-refractivity contribution in [1.82, 2.24) is 15.2 Å². The van der Waals surface area contributed by atoms with Crippen LogP contribution in [0, 0.1) is 0 Å². The first-order valence-electron chi connectivity index (χ1n) is 8.62. The molecule has 0 radical (unpaired) electrons. The average Bonchev–Trinajstić information content (AvgIpc) is 3.09. The topological polar surface area (TPSA) is 66.5 Å². The lowest BCUT2D eigenvalue weighted by atomic mass is 10.2. The molecule has 23 heavy (non-hydrogen) atoms. The molecule has 2 fully saturated rings. The fraction of sp³-hybridized carbons (Fsp3) is 0.647. The Kier molecular flexibility index (Phi) is 5.82. The smallest absolute Gasteiger partial charge is 0.270 e. The van der Waals surface area contributed by atoms with E-state index >= 15 is 0 Å². The number of ether oxygens (including phenoxy) is 1. The number of hydrogen-bond acceptors (Lipinski definition) is 5. The molecular formula is C17H26N4O2. The monoisotopic (exact) mass is 318 g/mol. The molecule has 1 saturated carbocycles. The van der Waals surface area contributed by atoms with Gasteiger partial charge in [-0.05, 0) is 25.0 Å². The van der Waals surface area contributed by atoms with Gasteiger partial charge in [0.2, 0.25) is 0 Å². The van der Waals surface area contributed by atoms with Gasteiger partial charge in [0, 0.05) is 44.1 Å². The van der Waals surface area contributed by atoms with Gasteiger partial charge in [-0.3, -0.25) is 14.7 Å². The minimum Gasteiger partial charge on any atom is -0.384 e. The lowest BCUT2D eigenvalue weighted by molar-refractivity contribution is 0.0398. The number of carbonyl (C=O) groups excluding carboxylic acids is 1. The minimum atomic E-state index is -0.0614. The first-order chi connectivity index (χ1) is 11.3. The van der Waals surface area contributed by atoms with Crippen molar-refractivity contribution in [3.8, 4) is 0 Å². The Morgan fingerprint density at radius 1 is 1.30 bits per heavy atom. The number of morpholine rings is 1. The molecule has 6 heteroatoms. The van der Waals surface area contributed by atoms with Crippen LogP contribution in [0.4, 0.5) is 5.69 Å². The quantitative estimate of drug-likeness (QED) is 0.832. The SMILES string of the molecule is O=C(NC1CCCC1)c1cc(NCCN2CCOCC2)ccn1. The van der Waals surface area contributed by atoms with Crippen molar-refractivity contribution < 1.29 is 9.53 Å². The fourth-order valence-corrected chi connectivity index (χ4v) is 3.18. The molecule has 0 bridgehead atoms.